The van der Waals surface area contributed by atoms with Crippen molar-refractivity contribution in [3.63, 3.8) is 0 Å². The summed E-state index contributed by atoms with van der Waals surface area (Å²) in [5, 5.41) is 3.59. The smallest absolute Gasteiger partial charge is 0.129 e. The molecule has 1 aromatic carbocycles. The Kier molecular flexibility index (Phi) is 4.79. The molecule has 1 nitrogen and oxygen atoms in total. The van der Waals surface area contributed by atoms with Crippen molar-refractivity contribution in [3.05, 3.63) is 34.1 Å². The van der Waals surface area contributed by atoms with E-state index in [-0.39, 0.29) is 11.9 Å². The van der Waals surface area contributed by atoms with E-state index in [0.29, 0.717) is 12.0 Å². The van der Waals surface area contributed by atoms with E-state index in [4.69, 9.17) is 0 Å². The van der Waals surface area contributed by atoms with Crippen LogP contribution in [0.1, 0.15) is 51.1 Å². The summed E-state index contributed by atoms with van der Waals surface area (Å²) in [6.07, 6.45) is 5.12. The summed E-state index contributed by atoms with van der Waals surface area (Å²) >= 11 is 3.29. The molecule has 1 saturated carbocycles. The largest absolute Gasteiger partial charge is 0.307 e. The van der Waals surface area contributed by atoms with E-state index in [1.807, 2.05) is 19.1 Å². The van der Waals surface area contributed by atoms with Gasteiger partial charge in [-0.2, -0.15) is 0 Å². The van der Waals surface area contributed by atoms with Crippen molar-refractivity contribution >= 4 is 15.9 Å². The zero-order chi connectivity index (χ0) is 13.1. The minimum atomic E-state index is -0.132. The number of halogens is 2. The molecule has 2 rings (SSSR count). The summed E-state index contributed by atoms with van der Waals surface area (Å²) in [5.41, 5.74) is 0.760. The van der Waals surface area contributed by atoms with Gasteiger partial charge in [-0.05, 0) is 37.8 Å². The molecular weight excluding hydrogens is 293 g/mol. The molecule has 0 radical (unpaired) electrons. The van der Waals surface area contributed by atoms with Crippen molar-refractivity contribution in [3.8, 4) is 0 Å². The first-order chi connectivity index (χ1) is 8.58. The molecular formula is C15H21BrFN. The lowest BCUT2D eigenvalue weighted by Gasteiger charge is -2.32. The van der Waals surface area contributed by atoms with Crippen LogP contribution in [0.25, 0.3) is 0 Å². The Morgan fingerprint density at radius 3 is 2.72 bits per heavy atom. The van der Waals surface area contributed by atoms with E-state index < -0.39 is 0 Å². The fourth-order valence-electron chi connectivity index (χ4n) is 2.83. The molecule has 18 heavy (non-hydrogen) atoms. The highest BCUT2D eigenvalue weighted by atomic mass is 79.9. The van der Waals surface area contributed by atoms with Crippen LogP contribution < -0.4 is 5.32 Å². The molecule has 3 unspecified atom stereocenters. The highest BCUT2D eigenvalue weighted by Crippen LogP contribution is 2.27. The second-order valence-corrected chi connectivity index (χ2v) is 6.34. The van der Waals surface area contributed by atoms with Gasteiger partial charge in [0.2, 0.25) is 0 Å². The topological polar surface area (TPSA) is 12.0 Å². The zero-order valence-electron chi connectivity index (χ0n) is 11.0. The highest BCUT2D eigenvalue weighted by molar-refractivity contribution is 9.10. The second kappa shape index (κ2) is 6.16. The predicted octanol–water partition coefficient (Wildman–Crippen LogP) is 4.82. The molecule has 0 spiro atoms. The SMILES string of the molecule is CC(NC1CCCCC1C)c1ccc(Br)cc1F. The number of nitrogens with one attached hydrogen (secondary N) is 1. The molecule has 0 bridgehead atoms. The van der Waals surface area contributed by atoms with E-state index in [1.165, 1.54) is 31.7 Å². The van der Waals surface area contributed by atoms with Crippen molar-refractivity contribution in [2.24, 2.45) is 5.92 Å². The Morgan fingerprint density at radius 2 is 2.06 bits per heavy atom. The van der Waals surface area contributed by atoms with E-state index >= 15 is 0 Å². The standard InChI is InChI=1S/C15H21BrFN/c1-10-5-3-4-6-15(10)18-11(2)13-8-7-12(16)9-14(13)17/h7-11,15,18H,3-6H2,1-2H3. The van der Waals surface area contributed by atoms with Crippen molar-refractivity contribution in [1.82, 2.24) is 5.32 Å². The number of rotatable bonds is 3. The summed E-state index contributed by atoms with van der Waals surface area (Å²) in [5.74, 6) is 0.563. The third kappa shape index (κ3) is 3.33. The predicted molar refractivity (Wildman–Crippen MR) is 77.1 cm³/mol. The van der Waals surface area contributed by atoms with Gasteiger partial charge in [-0.3, -0.25) is 0 Å². The Hall–Kier alpha value is -0.410. The number of hydrogen-bond acceptors (Lipinski definition) is 1. The molecule has 0 aromatic heterocycles. The Labute approximate surface area is 117 Å². The molecule has 0 saturated heterocycles. The molecule has 100 valence electrons. The molecule has 1 N–H and O–H groups in total. The molecule has 1 aromatic rings. The molecule has 3 atom stereocenters. The normalized spacial score (nSPS) is 26.0. The minimum absolute atomic E-state index is 0.0728. The van der Waals surface area contributed by atoms with E-state index in [0.717, 1.165) is 10.0 Å². The summed E-state index contributed by atoms with van der Waals surface area (Å²) in [6.45, 7) is 4.34. The molecule has 0 heterocycles. The van der Waals surface area contributed by atoms with Gasteiger partial charge in [0.15, 0.2) is 0 Å². The lowest BCUT2D eigenvalue weighted by Crippen LogP contribution is -2.38. The summed E-state index contributed by atoms with van der Waals surface area (Å²) in [6, 6.07) is 5.91. The third-order valence-electron chi connectivity index (χ3n) is 4.00. The summed E-state index contributed by atoms with van der Waals surface area (Å²) in [4.78, 5) is 0. The van der Waals surface area contributed by atoms with Crippen LogP contribution in [-0.2, 0) is 0 Å². The first-order valence-corrected chi connectivity index (χ1v) is 7.58. The van der Waals surface area contributed by atoms with Crippen LogP contribution in [0.2, 0.25) is 0 Å². The van der Waals surface area contributed by atoms with E-state index in [9.17, 15) is 4.39 Å². The fraction of sp³-hybridized carbons (Fsp3) is 0.600. The highest BCUT2D eigenvalue weighted by Gasteiger charge is 2.23. The number of benzene rings is 1. The van der Waals surface area contributed by atoms with Gasteiger partial charge < -0.3 is 5.32 Å². The summed E-state index contributed by atoms with van der Waals surface area (Å²) in [7, 11) is 0. The van der Waals surface area contributed by atoms with Crippen LogP contribution in [0, 0.1) is 11.7 Å². The Balaban J connectivity index is 2.04. The van der Waals surface area contributed by atoms with Crippen molar-refractivity contribution in [1.29, 1.82) is 0 Å². The minimum Gasteiger partial charge on any atom is -0.307 e. The maximum atomic E-state index is 13.9. The maximum absolute atomic E-state index is 13.9. The third-order valence-corrected chi connectivity index (χ3v) is 4.50. The molecule has 1 fully saturated rings. The van der Waals surface area contributed by atoms with Gasteiger partial charge in [0.05, 0.1) is 0 Å². The molecule has 1 aliphatic rings. The maximum Gasteiger partial charge on any atom is 0.129 e. The van der Waals surface area contributed by atoms with Crippen molar-refractivity contribution < 1.29 is 4.39 Å². The van der Waals surface area contributed by atoms with Gasteiger partial charge in [-0.25, -0.2) is 4.39 Å². The summed E-state index contributed by atoms with van der Waals surface area (Å²) < 4.78 is 14.7. The van der Waals surface area contributed by atoms with E-state index in [2.05, 4.69) is 28.2 Å². The van der Waals surface area contributed by atoms with Crippen LogP contribution >= 0.6 is 15.9 Å². The Morgan fingerprint density at radius 1 is 1.33 bits per heavy atom. The second-order valence-electron chi connectivity index (χ2n) is 5.42. The lowest BCUT2D eigenvalue weighted by atomic mass is 9.85. The fourth-order valence-corrected chi connectivity index (χ4v) is 3.16. The first-order valence-electron chi connectivity index (χ1n) is 6.79. The van der Waals surface area contributed by atoms with Gasteiger partial charge >= 0.3 is 0 Å². The molecule has 0 amide bonds. The van der Waals surface area contributed by atoms with Gasteiger partial charge in [0.25, 0.3) is 0 Å². The van der Waals surface area contributed by atoms with Crippen molar-refractivity contribution in [2.75, 3.05) is 0 Å². The molecule has 0 aliphatic heterocycles. The van der Waals surface area contributed by atoms with Crippen molar-refractivity contribution in [2.45, 2.75) is 51.6 Å². The molecule has 3 heteroatoms. The zero-order valence-corrected chi connectivity index (χ0v) is 12.6. The monoisotopic (exact) mass is 313 g/mol. The number of hydrogen-bond donors (Lipinski definition) is 1. The van der Waals surface area contributed by atoms with Gasteiger partial charge in [-0.1, -0.05) is 41.8 Å². The van der Waals surface area contributed by atoms with Crippen LogP contribution in [0.15, 0.2) is 22.7 Å². The quantitative estimate of drug-likeness (QED) is 0.843. The van der Waals surface area contributed by atoms with Crippen LogP contribution in [0.4, 0.5) is 4.39 Å². The lowest BCUT2D eigenvalue weighted by molar-refractivity contribution is 0.262. The molecule has 1 aliphatic carbocycles. The first kappa shape index (κ1) is 14.0. The Bertz CT molecular complexity index is 407. The van der Waals surface area contributed by atoms with Gasteiger partial charge in [0.1, 0.15) is 5.82 Å². The van der Waals surface area contributed by atoms with Crippen LogP contribution in [-0.4, -0.2) is 6.04 Å². The van der Waals surface area contributed by atoms with Crippen LogP contribution in [0.3, 0.4) is 0 Å². The van der Waals surface area contributed by atoms with E-state index in [1.54, 1.807) is 0 Å². The average Bonchev–Trinajstić information content (AvgIpc) is 2.32. The van der Waals surface area contributed by atoms with Gasteiger partial charge in [-0.15, -0.1) is 0 Å². The van der Waals surface area contributed by atoms with Gasteiger partial charge in [0, 0.05) is 22.1 Å². The average molecular weight is 314 g/mol. The van der Waals surface area contributed by atoms with Crippen LogP contribution in [0.5, 0.6) is 0 Å².